The molecular formula is C42H56N6O8. The smallest absolute Gasteiger partial charge is 0.407 e. The molecule has 0 aromatic heterocycles. The summed E-state index contributed by atoms with van der Waals surface area (Å²) >= 11 is 0. The lowest BCUT2D eigenvalue weighted by molar-refractivity contribution is -0.141. The lowest BCUT2D eigenvalue weighted by Crippen LogP contribution is -2.56. The molecule has 2 aromatic carbocycles. The third kappa shape index (κ3) is 8.79. The quantitative estimate of drug-likeness (QED) is 0.269. The molecule has 6 rings (SSSR count). The summed E-state index contributed by atoms with van der Waals surface area (Å²) in [6.45, 7) is 8.32. The summed E-state index contributed by atoms with van der Waals surface area (Å²) in [5, 5.41) is 11.7. The predicted octanol–water partition coefficient (Wildman–Crippen LogP) is 3.26. The average Bonchev–Trinajstić information content (AvgIpc) is 4.00. The second kappa shape index (κ2) is 17.3. The van der Waals surface area contributed by atoms with E-state index in [4.69, 9.17) is 9.47 Å². The van der Waals surface area contributed by atoms with Gasteiger partial charge in [0.2, 0.25) is 23.6 Å². The fourth-order valence-corrected chi connectivity index (χ4v) is 8.76. The number of nitrogens with one attached hydrogen (secondary N) is 4. The van der Waals surface area contributed by atoms with Crippen LogP contribution in [0.3, 0.4) is 0 Å². The van der Waals surface area contributed by atoms with Gasteiger partial charge in [0.05, 0.1) is 14.2 Å². The zero-order valence-corrected chi connectivity index (χ0v) is 33.3. The lowest BCUT2D eigenvalue weighted by atomic mass is 9.97. The second-order valence-electron chi connectivity index (χ2n) is 16.3. The first-order chi connectivity index (χ1) is 26.8. The minimum absolute atomic E-state index is 0.0877. The maximum atomic E-state index is 13.6. The average molecular weight is 773 g/mol. The summed E-state index contributed by atoms with van der Waals surface area (Å²) in [5.74, 6) is -1.23. The van der Waals surface area contributed by atoms with E-state index in [2.05, 4.69) is 57.7 Å². The molecule has 2 fully saturated rings. The minimum Gasteiger partial charge on any atom is -0.453 e. The van der Waals surface area contributed by atoms with Gasteiger partial charge in [0.1, 0.15) is 24.2 Å². The maximum Gasteiger partial charge on any atom is 0.407 e. The number of rotatable bonds is 11. The number of methoxy groups -OCH3 is 2. The third-order valence-electron chi connectivity index (χ3n) is 11.8. The molecule has 0 bridgehead atoms. The number of benzene rings is 2. The van der Waals surface area contributed by atoms with Crippen LogP contribution in [0, 0.1) is 11.8 Å². The largest absolute Gasteiger partial charge is 0.453 e. The number of likely N-dealkylation sites (tertiary alicyclic amines) is 2. The number of hydrogen-bond acceptors (Lipinski definition) is 8. The van der Waals surface area contributed by atoms with Crippen molar-refractivity contribution < 1.29 is 38.2 Å². The highest BCUT2D eigenvalue weighted by Crippen LogP contribution is 2.33. The van der Waals surface area contributed by atoms with Gasteiger partial charge in [-0.3, -0.25) is 19.2 Å². The first-order valence-electron chi connectivity index (χ1n) is 19.9. The van der Waals surface area contributed by atoms with Crippen molar-refractivity contribution in [2.75, 3.05) is 27.3 Å². The minimum atomic E-state index is -0.782. The van der Waals surface area contributed by atoms with E-state index in [0.29, 0.717) is 64.5 Å². The van der Waals surface area contributed by atoms with Gasteiger partial charge in [-0.05, 0) is 96.6 Å². The van der Waals surface area contributed by atoms with Gasteiger partial charge in [-0.15, -0.1) is 0 Å². The van der Waals surface area contributed by atoms with Crippen molar-refractivity contribution in [1.29, 1.82) is 0 Å². The molecule has 2 aliphatic carbocycles. The molecule has 4 unspecified atom stereocenters. The summed E-state index contributed by atoms with van der Waals surface area (Å²) in [7, 11) is 2.51. The molecule has 6 amide bonds. The zero-order chi connectivity index (χ0) is 40.3. The van der Waals surface area contributed by atoms with E-state index in [9.17, 15) is 28.8 Å². The van der Waals surface area contributed by atoms with E-state index in [1.807, 2.05) is 27.7 Å². The molecule has 0 radical (unpaired) electrons. The van der Waals surface area contributed by atoms with Crippen LogP contribution in [-0.2, 0) is 54.3 Å². The molecule has 302 valence electrons. The van der Waals surface area contributed by atoms with Gasteiger partial charge in [-0.25, -0.2) is 9.59 Å². The Kier molecular flexibility index (Phi) is 12.5. The maximum absolute atomic E-state index is 13.6. The Morgan fingerprint density at radius 1 is 0.589 bits per heavy atom. The van der Waals surface area contributed by atoms with Crippen molar-refractivity contribution in [3.63, 3.8) is 0 Å². The number of amides is 6. The van der Waals surface area contributed by atoms with Crippen LogP contribution in [-0.4, -0.2) is 109 Å². The summed E-state index contributed by atoms with van der Waals surface area (Å²) in [6, 6.07) is 9.96. The van der Waals surface area contributed by atoms with Crippen molar-refractivity contribution in [3.05, 3.63) is 58.7 Å². The normalized spacial score (nSPS) is 22.3. The number of hydrogen-bond donors (Lipinski definition) is 4. The van der Waals surface area contributed by atoms with E-state index < -0.39 is 36.4 Å². The fourth-order valence-electron chi connectivity index (χ4n) is 8.76. The summed E-state index contributed by atoms with van der Waals surface area (Å²) in [4.78, 5) is 81.1. The fraction of sp³-hybridized carbons (Fsp3) is 0.571. The van der Waals surface area contributed by atoms with Gasteiger partial charge in [0.15, 0.2) is 0 Å². The molecule has 4 N–H and O–H groups in total. The second-order valence-corrected chi connectivity index (χ2v) is 16.3. The predicted molar refractivity (Wildman–Crippen MR) is 208 cm³/mol. The Morgan fingerprint density at radius 3 is 1.32 bits per heavy atom. The molecule has 2 aromatic rings. The van der Waals surface area contributed by atoms with Crippen LogP contribution >= 0.6 is 0 Å². The number of fused-ring (bicyclic) bond motifs is 2. The van der Waals surface area contributed by atoms with Crippen LogP contribution in [0.2, 0.25) is 0 Å². The van der Waals surface area contributed by atoms with E-state index >= 15 is 0 Å². The van der Waals surface area contributed by atoms with E-state index in [0.717, 1.165) is 11.1 Å². The molecule has 6 atom stereocenters. The molecule has 56 heavy (non-hydrogen) atoms. The van der Waals surface area contributed by atoms with Crippen LogP contribution in [0.25, 0.3) is 11.1 Å². The molecule has 0 spiro atoms. The van der Waals surface area contributed by atoms with Crippen LogP contribution < -0.4 is 21.3 Å². The van der Waals surface area contributed by atoms with Crippen LogP contribution in [0.5, 0.6) is 0 Å². The summed E-state index contributed by atoms with van der Waals surface area (Å²) < 4.78 is 9.44. The Balaban J connectivity index is 1.04. The van der Waals surface area contributed by atoms with Gasteiger partial charge < -0.3 is 40.5 Å². The van der Waals surface area contributed by atoms with Gasteiger partial charge in [-0.2, -0.15) is 0 Å². The molecule has 14 nitrogen and oxygen atoms in total. The zero-order valence-electron chi connectivity index (χ0n) is 33.3. The topological polar surface area (TPSA) is 175 Å². The molecule has 2 saturated heterocycles. The van der Waals surface area contributed by atoms with Crippen molar-refractivity contribution in [1.82, 2.24) is 31.1 Å². The van der Waals surface area contributed by atoms with Crippen LogP contribution in [0.1, 0.15) is 75.6 Å². The van der Waals surface area contributed by atoms with Gasteiger partial charge in [-0.1, -0.05) is 64.1 Å². The molecule has 0 saturated carbocycles. The first kappa shape index (κ1) is 40.5. The lowest BCUT2D eigenvalue weighted by Gasteiger charge is -2.30. The molecule has 4 aliphatic rings. The van der Waals surface area contributed by atoms with Gasteiger partial charge in [0, 0.05) is 25.2 Å². The van der Waals surface area contributed by atoms with E-state index in [1.54, 1.807) is 9.80 Å². The van der Waals surface area contributed by atoms with Gasteiger partial charge >= 0.3 is 12.2 Å². The molecular weight excluding hydrogens is 716 g/mol. The third-order valence-corrected chi connectivity index (χ3v) is 11.8. The Bertz CT molecular complexity index is 1720. The SMILES string of the molecule is COC(=O)NC(C(=O)N1CCC[C@H]1C(=O)NC1Cc2ccc(-c3ccc4c(c3)CC(NC(=O)[C@@H]3CCCN3C(=O)C(NC(=O)OC)C(C)C)C4)cc2C1)C(C)C. The number of alkyl carbamates (subject to hydrolysis) is 2. The molecule has 14 heteroatoms. The monoisotopic (exact) mass is 772 g/mol. The Labute approximate surface area is 328 Å². The molecule has 2 heterocycles. The van der Waals surface area contributed by atoms with Crippen molar-refractivity contribution in [2.24, 2.45) is 11.8 Å². The number of ether oxygens (including phenoxy) is 2. The summed E-state index contributed by atoms with van der Waals surface area (Å²) in [5.41, 5.74) is 6.89. The highest BCUT2D eigenvalue weighted by Gasteiger charge is 2.41. The van der Waals surface area contributed by atoms with Crippen molar-refractivity contribution in [2.45, 2.75) is 115 Å². The highest BCUT2D eigenvalue weighted by atomic mass is 16.5. The Hall–Kier alpha value is -5.14. The van der Waals surface area contributed by atoms with Crippen LogP contribution in [0.4, 0.5) is 9.59 Å². The van der Waals surface area contributed by atoms with Crippen LogP contribution in [0.15, 0.2) is 36.4 Å². The first-order valence-corrected chi connectivity index (χ1v) is 19.9. The van der Waals surface area contributed by atoms with Crippen molar-refractivity contribution in [3.8, 4) is 11.1 Å². The van der Waals surface area contributed by atoms with E-state index in [1.165, 1.54) is 36.5 Å². The highest BCUT2D eigenvalue weighted by molar-refractivity contribution is 5.93. The van der Waals surface area contributed by atoms with E-state index in [-0.39, 0.29) is 47.5 Å². The standard InChI is InChI=1S/C42H56N6O8/c1-23(2)35(45-41(53)55-5)39(51)47-15-7-9-33(47)37(49)43-31-19-27-13-11-25(17-29(27)21-31)26-12-14-28-20-32(22-30(28)18-26)44-38(50)34-10-8-16-48(34)40(52)36(24(3)4)46-42(54)56-6/h11-14,17-18,23-24,31-36H,7-10,15-16,19-22H2,1-6H3,(H,43,49)(H,44,50)(H,45,53)(H,46,54)/t31?,32?,33-,34-,35?,36?/m0/s1. The number of nitrogens with zero attached hydrogens (tertiary/aromatic N) is 2. The number of carbonyl (C=O) groups excluding carboxylic acids is 6. The number of carbonyl (C=O) groups is 6. The van der Waals surface area contributed by atoms with Crippen molar-refractivity contribution >= 4 is 35.8 Å². The summed E-state index contributed by atoms with van der Waals surface area (Å²) in [6.07, 6.45) is 3.99. The van der Waals surface area contributed by atoms with Gasteiger partial charge in [0.25, 0.3) is 0 Å². The molecule has 2 aliphatic heterocycles. The Morgan fingerprint density at radius 2 is 0.964 bits per heavy atom.